The summed E-state index contributed by atoms with van der Waals surface area (Å²) < 4.78 is 0. The van der Waals surface area contributed by atoms with E-state index in [2.05, 4.69) is 5.32 Å². The quantitative estimate of drug-likeness (QED) is 0.841. The molecule has 1 saturated heterocycles. The first kappa shape index (κ1) is 12.4. The Morgan fingerprint density at radius 2 is 2.00 bits per heavy atom. The second-order valence-corrected chi connectivity index (χ2v) is 4.66. The third kappa shape index (κ3) is 2.62. The number of imide groups is 1. The molecule has 1 aliphatic rings. The van der Waals surface area contributed by atoms with Crippen molar-refractivity contribution in [3.8, 4) is 0 Å². The van der Waals surface area contributed by atoms with Gasteiger partial charge in [-0.2, -0.15) is 0 Å². The number of nitrogens with zero attached hydrogens (tertiary/aromatic N) is 1. The lowest BCUT2D eigenvalue weighted by atomic mass is 10.3. The summed E-state index contributed by atoms with van der Waals surface area (Å²) in [5.74, 6) is -1.55. The van der Waals surface area contributed by atoms with Gasteiger partial charge in [-0.3, -0.25) is 19.7 Å². The van der Waals surface area contributed by atoms with Gasteiger partial charge in [0.1, 0.15) is 6.54 Å². The lowest BCUT2D eigenvalue weighted by Crippen LogP contribution is -2.42. The Kier molecular flexibility index (Phi) is 3.52. The lowest BCUT2D eigenvalue weighted by molar-refractivity contribution is -0.135. The molecule has 0 radical (unpaired) electrons. The smallest absolute Gasteiger partial charge is 0.323 e. The van der Waals surface area contributed by atoms with Crippen molar-refractivity contribution >= 4 is 34.6 Å². The molecule has 0 bridgehead atoms. The summed E-state index contributed by atoms with van der Waals surface area (Å²) in [5.41, 5.74) is 0.585. The summed E-state index contributed by atoms with van der Waals surface area (Å²) in [6, 6.07) is 8.65. The van der Waals surface area contributed by atoms with E-state index in [4.69, 9.17) is 5.11 Å². The van der Waals surface area contributed by atoms with Crippen LogP contribution in [-0.4, -0.2) is 34.1 Å². The molecule has 0 aliphatic carbocycles. The van der Waals surface area contributed by atoms with Gasteiger partial charge in [-0.1, -0.05) is 18.2 Å². The molecular formula is C11H10N2O4S. The van der Waals surface area contributed by atoms with Crippen LogP contribution in [0.2, 0.25) is 0 Å². The van der Waals surface area contributed by atoms with Crippen molar-refractivity contribution in [2.24, 2.45) is 0 Å². The molecule has 1 fully saturated rings. The Balaban J connectivity index is 2.28. The predicted octanol–water partition coefficient (Wildman–Crippen LogP) is 0.887. The van der Waals surface area contributed by atoms with Crippen LogP contribution >= 0.6 is 11.8 Å². The van der Waals surface area contributed by atoms with Crippen molar-refractivity contribution in [2.75, 3.05) is 11.4 Å². The Morgan fingerprint density at radius 3 is 2.50 bits per heavy atom. The van der Waals surface area contributed by atoms with E-state index in [1.165, 1.54) is 4.90 Å². The van der Waals surface area contributed by atoms with Crippen molar-refractivity contribution in [1.29, 1.82) is 0 Å². The van der Waals surface area contributed by atoms with E-state index in [0.29, 0.717) is 5.69 Å². The Morgan fingerprint density at radius 1 is 1.33 bits per heavy atom. The number of carbonyl (C=O) groups excluding carboxylic acids is 2. The second kappa shape index (κ2) is 5.09. The fourth-order valence-electron chi connectivity index (χ4n) is 1.63. The third-order valence-corrected chi connectivity index (χ3v) is 3.35. The van der Waals surface area contributed by atoms with Gasteiger partial charge in [-0.05, 0) is 23.9 Å². The summed E-state index contributed by atoms with van der Waals surface area (Å²) in [5, 5.41) is 9.73. The van der Waals surface area contributed by atoms with E-state index in [-0.39, 0.29) is 6.54 Å². The highest BCUT2D eigenvalue weighted by molar-refractivity contribution is 8.15. The Hall–Kier alpha value is -2.02. The van der Waals surface area contributed by atoms with Gasteiger partial charge < -0.3 is 10.0 Å². The largest absolute Gasteiger partial charge is 0.480 e. The molecule has 1 atom stereocenters. The first-order valence-electron chi connectivity index (χ1n) is 5.13. The maximum Gasteiger partial charge on any atom is 0.323 e. The number of nitrogens with one attached hydrogen (secondary N) is 1. The summed E-state index contributed by atoms with van der Waals surface area (Å²) in [6.45, 7) is -0.345. The number of benzene rings is 1. The topological polar surface area (TPSA) is 86.7 Å². The van der Waals surface area contributed by atoms with Crippen LogP contribution < -0.4 is 10.2 Å². The molecule has 1 aromatic carbocycles. The van der Waals surface area contributed by atoms with Crippen molar-refractivity contribution in [3.05, 3.63) is 30.3 Å². The summed E-state index contributed by atoms with van der Waals surface area (Å²) in [7, 11) is 0. The van der Waals surface area contributed by atoms with Crippen LogP contribution in [-0.2, 0) is 9.59 Å². The van der Waals surface area contributed by atoms with Crippen molar-refractivity contribution < 1.29 is 19.5 Å². The summed E-state index contributed by atoms with van der Waals surface area (Å²) in [4.78, 5) is 35.0. The number of carbonyl (C=O) groups is 3. The third-order valence-electron chi connectivity index (χ3n) is 2.34. The van der Waals surface area contributed by atoms with Gasteiger partial charge in [0.15, 0.2) is 5.37 Å². The highest BCUT2D eigenvalue weighted by atomic mass is 32.2. The highest BCUT2D eigenvalue weighted by Gasteiger charge is 2.37. The molecule has 1 aliphatic heterocycles. The van der Waals surface area contributed by atoms with Crippen LogP contribution in [0.25, 0.3) is 0 Å². The second-order valence-electron chi connectivity index (χ2n) is 3.60. The first-order chi connectivity index (χ1) is 8.58. The number of rotatable bonds is 4. The number of carboxylic acids is 1. The van der Waals surface area contributed by atoms with Crippen LogP contribution in [0.3, 0.4) is 0 Å². The van der Waals surface area contributed by atoms with Gasteiger partial charge in [0.2, 0.25) is 0 Å². The molecule has 0 spiro atoms. The van der Waals surface area contributed by atoms with Gasteiger partial charge in [0.05, 0.1) is 0 Å². The van der Waals surface area contributed by atoms with Crippen LogP contribution in [0.15, 0.2) is 30.3 Å². The minimum absolute atomic E-state index is 0.345. The minimum Gasteiger partial charge on any atom is -0.480 e. The molecule has 2 rings (SSSR count). The molecule has 2 N–H and O–H groups in total. The van der Waals surface area contributed by atoms with Crippen LogP contribution in [0.4, 0.5) is 10.5 Å². The average Bonchev–Trinajstić information content (AvgIpc) is 2.66. The van der Waals surface area contributed by atoms with Gasteiger partial charge >= 0.3 is 5.97 Å². The van der Waals surface area contributed by atoms with E-state index < -0.39 is 22.5 Å². The van der Waals surface area contributed by atoms with Crippen molar-refractivity contribution in [2.45, 2.75) is 5.37 Å². The molecule has 94 valence electrons. The zero-order valence-corrected chi connectivity index (χ0v) is 10.0. The van der Waals surface area contributed by atoms with Gasteiger partial charge in [0, 0.05) is 5.69 Å². The van der Waals surface area contributed by atoms with Crippen LogP contribution in [0.5, 0.6) is 0 Å². The fourth-order valence-corrected chi connectivity index (χ4v) is 2.48. The molecule has 7 heteroatoms. The number of anilines is 1. The molecular weight excluding hydrogens is 256 g/mol. The number of hydrogen-bond donors (Lipinski definition) is 2. The zero-order chi connectivity index (χ0) is 13.1. The number of para-hydroxylation sites is 1. The standard InChI is InChI=1S/C11H10N2O4S/c14-8(15)6-13(7-4-2-1-3-5-7)10-9(16)12-11(17)18-10/h1-5,10H,6H2,(H,14,15)(H,12,16,17)/t10-/m0/s1. The molecule has 1 aromatic rings. The van der Waals surface area contributed by atoms with E-state index >= 15 is 0 Å². The van der Waals surface area contributed by atoms with Crippen molar-refractivity contribution in [1.82, 2.24) is 5.32 Å². The molecule has 18 heavy (non-hydrogen) atoms. The molecule has 6 nitrogen and oxygen atoms in total. The number of thioether (sulfide) groups is 1. The fraction of sp³-hybridized carbons (Fsp3) is 0.182. The molecule has 0 unspecified atom stereocenters. The van der Waals surface area contributed by atoms with Crippen LogP contribution in [0.1, 0.15) is 0 Å². The van der Waals surface area contributed by atoms with E-state index in [0.717, 1.165) is 11.8 Å². The number of hydrogen-bond acceptors (Lipinski definition) is 5. The van der Waals surface area contributed by atoms with Gasteiger partial charge in [-0.15, -0.1) is 0 Å². The van der Waals surface area contributed by atoms with E-state index in [1.54, 1.807) is 30.3 Å². The molecule has 1 heterocycles. The number of aliphatic carboxylic acids is 1. The minimum atomic E-state index is -1.06. The number of amides is 2. The highest BCUT2D eigenvalue weighted by Crippen LogP contribution is 2.27. The summed E-state index contributed by atoms with van der Waals surface area (Å²) in [6.07, 6.45) is 0. The first-order valence-corrected chi connectivity index (χ1v) is 6.01. The summed E-state index contributed by atoms with van der Waals surface area (Å²) >= 11 is 0.782. The normalized spacial score (nSPS) is 18.6. The Labute approximate surface area is 107 Å². The van der Waals surface area contributed by atoms with E-state index in [9.17, 15) is 14.4 Å². The van der Waals surface area contributed by atoms with E-state index in [1.807, 2.05) is 0 Å². The Bertz CT molecular complexity index is 491. The molecule has 0 saturated carbocycles. The number of carboxylic acid groups (broad SMARTS) is 1. The molecule has 0 aromatic heterocycles. The van der Waals surface area contributed by atoms with Crippen molar-refractivity contribution in [3.63, 3.8) is 0 Å². The lowest BCUT2D eigenvalue weighted by Gasteiger charge is -2.26. The predicted molar refractivity (Wildman–Crippen MR) is 66.3 cm³/mol. The average molecular weight is 266 g/mol. The van der Waals surface area contributed by atoms with Gasteiger partial charge in [-0.25, -0.2) is 0 Å². The van der Waals surface area contributed by atoms with Gasteiger partial charge in [0.25, 0.3) is 11.1 Å². The maximum atomic E-state index is 11.6. The maximum absolute atomic E-state index is 11.6. The monoisotopic (exact) mass is 266 g/mol. The molecule has 2 amide bonds. The van der Waals surface area contributed by atoms with Crippen LogP contribution in [0, 0.1) is 0 Å². The SMILES string of the molecule is O=C(O)CN(c1ccccc1)[C@H]1SC(=O)NC1=O. The zero-order valence-electron chi connectivity index (χ0n) is 9.20.